The molecule has 12 heterocycles. The molecule has 10 N–H and O–H groups in total. The standard InChI is InChI=1S/C18H23N7O2S.C13H18N6O3S.C11H17N5O4S.C7H5BrN4O.C6H7BrN4O.C6H6BrN3O2/c1-3-28(26,27)25-10-8-24(9-11-25)15-12-20-17(19)16(22-15)18-21-13-6-4-5-7-14(13)23(18)2;1-3-23(21,22)19-6-4-18(5-7-19)10-8-14-12-11(16-10)13(20)17(2)9-15-12;1-2-21(19,20)16-5-3-15(4-6-16)8-7-13-10(12)9(14-8)11(17)18;1-12-3-10-6-5(7(12)13)11-4(8)2-9-6;1-9-6(12)4-5(8)10-2-3(7)11-4;1-12-6(11)4-5(8)9-2-3(7)10-4/h4-7,12H,3,8-11H2,1-2H3,(H2,19,20);8-9H,3-7H2,1-2H3;7H,2-6H2,1H3,(H2,12,13)(H,17,18);2-3H,1H3;2H,1H3,(H2,8,10)(H,9,12);2H,1H3,(H2,8,9). The molecule has 0 spiro atoms. The number of carboxylic acids is 1. The van der Waals surface area contributed by atoms with Crippen LogP contribution in [-0.4, -0.2) is 260 Å². The van der Waals surface area contributed by atoms with Gasteiger partial charge in [-0.05, 0) is 80.7 Å². The van der Waals surface area contributed by atoms with E-state index in [2.05, 4.69) is 128 Å². The van der Waals surface area contributed by atoms with E-state index in [0.717, 1.165) is 11.0 Å². The number of aromatic carboxylic acids is 1. The summed E-state index contributed by atoms with van der Waals surface area (Å²) in [6.45, 7) is 10.3. The lowest BCUT2D eigenvalue weighted by molar-refractivity contribution is 0.0593. The normalized spacial score (nSPS) is 14.3. The fraction of sp³-hybridized carbons (Fsp3) is 0.377. The minimum atomic E-state index is -3.20. The number of ether oxygens (including phenoxy) is 1. The summed E-state index contributed by atoms with van der Waals surface area (Å²) in [5.41, 5.74) is 25.3. The summed E-state index contributed by atoms with van der Waals surface area (Å²) in [4.78, 5) is 123. The molecular weight excluding hydrogens is 1680 g/mol. The maximum Gasteiger partial charge on any atom is 0.360 e. The van der Waals surface area contributed by atoms with E-state index < -0.39 is 42.0 Å². The van der Waals surface area contributed by atoms with Gasteiger partial charge >= 0.3 is 11.9 Å². The highest BCUT2D eigenvalue weighted by Gasteiger charge is 2.30. The van der Waals surface area contributed by atoms with Crippen LogP contribution in [0.4, 0.5) is 40.7 Å². The van der Waals surface area contributed by atoms with Gasteiger partial charge < -0.3 is 66.5 Å². The van der Waals surface area contributed by atoms with E-state index >= 15 is 0 Å². The minimum Gasteiger partial charge on any atom is -0.476 e. The zero-order valence-corrected chi connectivity index (χ0v) is 67.0. The number of anilines is 7. The number of nitrogens with two attached hydrogens (primary N) is 4. The number of carbonyl (C=O) groups excluding carboxylic acids is 2. The van der Waals surface area contributed by atoms with Crippen molar-refractivity contribution in [2.75, 3.05) is 148 Å². The van der Waals surface area contributed by atoms with Crippen LogP contribution < -0.4 is 54.1 Å². The predicted molar refractivity (Wildman–Crippen MR) is 415 cm³/mol. The molecule has 0 aliphatic carbocycles. The Hall–Kier alpha value is -10.4. The number of amides is 1. The van der Waals surface area contributed by atoms with Gasteiger partial charge in [0.05, 0.1) is 85.2 Å². The van der Waals surface area contributed by atoms with Gasteiger partial charge in [0.25, 0.3) is 17.0 Å². The lowest BCUT2D eigenvalue weighted by atomic mass is 10.3. The predicted octanol–water partition coefficient (Wildman–Crippen LogP) is 0.783. The van der Waals surface area contributed by atoms with Crippen molar-refractivity contribution in [3.05, 3.63) is 126 Å². The van der Waals surface area contributed by atoms with Gasteiger partial charge in [0.15, 0.2) is 74.2 Å². The molecule has 3 saturated heterocycles. The number of hydrogen-bond donors (Lipinski definition) is 6. The first-order valence-electron chi connectivity index (χ1n) is 32.6. The fourth-order valence-electron chi connectivity index (χ4n) is 10.3. The van der Waals surface area contributed by atoms with Gasteiger partial charge in [-0.3, -0.25) is 14.4 Å². The summed E-state index contributed by atoms with van der Waals surface area (Å²) < 4.78 is 86.4. The van der Waals surface area contributed by atoms with Gasteiger partial charge in [0.2, 0.25) is 30.1 Å². The molecule has 42 nitrogen and oxygen atoms in total. The molecule has 10 aromatic rings. The quantitative estimate of drug-likeness (QED) is 0.0869. The molecule has 0 unspecified atom stereocenters. The van der Waals surface area contributed by atoms with Crippen molar-refractivity contribution in [2.45, 2.75) is 20.8 Å². The fourth-order valence-corrected chi connectivity index (χ4v) is 14.4. The third kappa shape index (κ3) is 21.1. The molecule has 3 aliphatic heterocycles. The Bertz CT molecular complexity index is 5390. The summed E-state index contributed by atoms with van der Waals surface area (Å²) in [6, 6.07) is 7.84. The number of nitrogens with one attached hydrogen (secondary N) is 1. The summed E-state index contributed by atoms with van der Waals surface area (Å²) in [5, 5.41) is 11.4. The van der Waals surface area contributed by atoms with Crippen LogP contribution in [0.3, 0.4) is 0 Å². The summed E-state index contributed by atoms with van der Waals surface area (Å²) in [6.07, 6.45) is 11.8. The molecule has 582 valence electrons. The Balaban J connectivity index is 0.000000170. The molecule has 0 radical (unpaired) electrons. The zero-order valence-electron chi connectivity index (χ0n) is 59.8. The summed E-state index contributed by atoms with van der Waals surface area (Å²) in [5.74, 6) is 0.733. The van der Waals surface area contributed by atoms with E-state index in [1.807, 2.05) is 45.7 Å². The van der Waals surface area contributed by atoms with Crippen LogP contribution in [0.5, 0.6) is 0 Å². The number of methoxy groups -OCH3 is 1. The molecule has 48 heteroatoms. The third-order valence-electron chi connectivity index (χ3n) is 16.3. The lowest BCUT2D eigenvalue weighted by Gasteiger charge is -2.34. The minimum absolute atomic E-state index is 0.0203. The van der Waals surface area contributed by atoms with Crippen molar-refractivity contribution < 1.29 is 49.5 Å². The first kappa shape index (κ1) is 84.3. The van der Waals surface area contributed by atoms with Crippen LogP contribution in [0.25, 0.3) is 44.9 Å². The van der Waals surface area contributed by atoms with Gasteiger partial charge in [0, 0.05) is 107 Å². The van der Waals surface area contributed by atoms with Gasteiger partial charge in [-0.15, -0.1) is 0 Å². The number of rotatable bonds is 13. The maximum atomic E-state index is 12.1. The number of fused-ring (bicyclic) bond motifs is 3. The highest BCUT2D eigenvalue weighted by Crippen LogP contribution is 2.29. The van der Waals surface area contributed by atoms with E-state index in [-0.39, 0.29) is 79.9 Å². The number of carboxylic acid groups (broad SMARTS) is 1. The number of sulfonamides is 3. The van der Waals surface area contributed by atoms with Crippen molar-refractivity contribution in [3.63, 3.8) is 0 Å². The molecule has 3 fully saturated rings. The average molecular weight is 1760 g/mol. The molecule has 109 heavy (non-hydrogen) atoms. The number of benzene rings is 1. The van der Waals surface area contributed by atoms with E-state index in [4.69, 9.17) is 33.0 Å². The molecule has 9 aromatic heterocycles. The molecule has 3 aliphatic rings. The Labute approximate surface area is 648 Å². The van der Waals surface area contributed by atoms with Crippen LogP contribution >= 0.6 is 47.8 Å². The summed E-state index contributed by atoms with van der Waals surface area (Å²) in [7, 11) is -1.62. The number of piperazine rings is 3. The third-order valence-corrected chi connectivity index (χ3v) is 23.1. The zero-order chi connectivity index (χ0) is 79.8. The number of aromatic nitrogens is 18. The highest BCUT2D eigenvalue weighted by molar-refractivity contribution is 9.11. The SMILES string of the molecule is CCS(=O)(=O)N1CCN(c2cnc(N)c(-c3nc4ccccc4n3C)n2)CC1.CCS(=O)(=O)N1CCN(c2cnc(N)c(C(=O)O)n2)CC1.CCS(=O)(=O)N1CCN(c2cnc3ncn(C)c(=O)c3n2)CC1.CNC(=O)c1nc(Br)cnc1N.COC(=O)c1nc(Br)cnc1N.Cn1cnc2ncc(Br)nc2c1=O. The van der Waals surface area contributed by atoms with Gasteiger partial charge in [-0.1, -0.05) is 12.1 Å². The van der Waals surface area contributed by atoms with Crippen molar-refractivity contribution in [3.8, 4) is 11.5 Å². The van der Waals surface area contributed by atoms with Crippen LogP contribution in [0.1, 0.15) is 52.2 Å². The van der Waals surface area contributed by atoms with E-state index in [1.54, 1.807) is 52.2 Å². The monoisotopic (exact) mass is 1760 g/mol. The molecule has 0 saturated carbocycles. The number of nitrogens with zero attached hydrogens (tertiary/aromatic N) is 24. The van der Waals surface area contributed by atoms with Crippen LogP contribution in [0.15, 0.2) is 97.5 Å². The molecule has 13 rings (SSSR count). The second kappa shape index (κ2) is 37.2. The number of carbonyl (C=O) groups is 3. The highest BCUT2D eigenvalue weighted by atomic mass is 79.9. The topological polar surface area (TPSA) is 561 Å². The van der Waals surface area contributed by atoms with Crippen molar-refractivity contribution >= 4 is 170 Å². The number of aryl methyl sites for hydroxylation is 3. The number of para-hydroxylation sites is 2. The number of halogens is 3. The van der Waals surface area contributed by atoms with Crippen LogP contribution in [0, 0.1) is 0 Å². The van der Waals surface area contributed by atoms with Gasteiger partial charge in [-0.2, -0.15) is 12.9 Å². The Morgan fingerprint density at radius 1 is 0.495 bits per heavy atom. The van der Waals surface area contributed by atoms with Crippen LogP contribution in [-0.2, 0) is 55.9 Å². The molecule has 0 bridgehead atoms. The average Bonchev–Trinajstić information content (AvgIpc) is 1.64. The van der Waals surface area contributed by atoms with E-state index in [1.165, 1.54) is 73.6 Å². The number of nitrogen functional groups attached to an aromatic ring is 4. The summed E-state index contributed by atoms with van der Waals surface area (Å²) >= 11 is 9.28. The van der Waals surface area contributed by atoms with Crippen molar-refractivity contribution in [1.82, 2.24) is 107 Å². The Morgan fingerprint density at radius 2 is 0.881 bits per heavy atom. The first-order chi connectivity index (χ1) is 51.6. The van der Waals surface area contributed by atoms with Gasteiger partial charge in [-0.25, -0.2) is 110 Å². The molecular formula is C61H76Br3N29O13S3. The second-order valence-electron chi connectivity index (χ2n) is 23.1. The number of imidazole rings is 1. The Kier molecular flexibility index (Phi) is 28.7. The largest absolute Gasteiger partial charge is 0.476 e. The molecule has 1 amide bonds. The second-order valence-corrected chi connectivity index (χ2v) is 32.3. The number of esters is 1. The van der Waals surface area contributed by atoms with Crippen molar-refractivity contribution in [1.29, 1.82) is 0 Å². The Morgan fingerprint density at radius 3 is 1.34 bits per heavy atom. The smallest absolute Gasteiger partial charge is 0.360 e. The molecule has 0 atom stereocenters. The lowest BCUT2D eigenvalue weighted by Crippen LogP contribution is -2.49. The van der Waals surface area contributed by atoms with E-state index in [9.17, 15) is 49.2 Å². The molecule has 1 aromatic carbocycles. The van der Waals surface area contributed by atoms with Crippen molar-refractivity contribution in [2.24, 2.45) is 21.1 Å². The first-order valence-corrected chi connectivity index (χ1v) is 39.8. The van der Waals surface area contributed by atoms with E-state index in [0.29, 0.717) is 138 Å². The van der Waals surface area contributed by atoms with Crippen LogP contribution in [0.2, 0.25) is 0 Å². The maximum absolute atomic E-state index is 12.1. The van der Waals surface area contributed by atoms with Gasteiger partial charge in [0.1, 0.15) is 31.3 Å². The number of hydrogen-bond acceptors (Lipinski definition) is 34.